The summed E-state index contributed by atoms with van der Waals surface area (Å²) >= 11 is 0. The predicted molar refractivity (Wildman–Crippen MR) is 134 cm³/mol. The van der Waals surface area contributed by atoms with Gasteiger partial charge in [-0.25, -0.2) is 0 Å². The van der Waals surface area contributed by atoms with E-state index in [0.717, 1.165) is 40.2 Å². The van der Waals surface area contributed by atoms with Crippen LogP contribution in [0.1, 0.15) is 35.6 Å². The van der Waals surface area contributed by atoms with E-state index in [4.69, 9.17) is 10.2 Å². The Morgan fingerprint density at radius 1 is 0.941 bits per heavy atom. The zero-order valence-electron chi connectivity index (χ0n) is 19.0. The number of anilines is 1. The number of aromatic nitrogens is 2. The number of carbonyl (C=O) groups is 1. The number of hydrogen-bond donors (Lipinski definition) is 1. The highest BCUT2D eigenvalue weighted by atomic mass is 16.4. The summed E-state index contributed by atoms with van der Waals surface area (Å²) in [5, 5.41) is 21.1. The molecule has 0 saturated carbocycles. The van der Waals surface area contributed by atoms with Gasteiger partial charge in [-0.1, -0.05) is 78.4 Å². The highest BCUT2D eigenvalue weighted by Crippen LogP contribution is 2.40. The molecule has 0 fully saturated rings. The molecule has 1 aliphatic rings. The van der Waals surface area contributed by atoms with Crippen molar-refractivity contribution in [3.05, 3.63) is 108 Å². The van der Waals surface area contributed by atoms with Crippen molar-refractivity contribution in [1.82, 2.24) is 9.78 Å². The van der Waals surface area contributed by atoms with Crippen LogP contribution >= 0.6 is 0 Å². The molecule has 0 radical (unpaired) electrons. The zero-order valence-corrected chi connectivity index (χ0v) is 19.0. The number of hydrogen-bond acceptors (Lipinski definition) is 4. The highest BCUT2D eigenvalue weighted by Gasteiger charge is 2.33. The van der Waals surface area contributed by atoms with Crippen LogP contribution in [0.2, 0.25) is 0 Å². The van der Waals surface area contributed by atoms with Crippen LogP contribution < -0.4 is 5.01 Å². The largest absolute Gasteiger partial charge is 0.481 e. The van der Waals surface area contributed by atoms with Crippen molar-refractivity contribution in [3.63, 3.8) is 0 Å². The van der Waals surface area contributed by atoms with Crippen molar-refractivity contribution in [1.29, 1.82) is 0 Å². The molecule has 0 spiro atoms. The Morgan fingerprint density at radius 2 is 1.62 bits per heavy atom. The normalized spacial score (nSPS) is 15.4. The molecule has 1 aromatic heterocycles. The summed E-state index contributed by atoms with van der Waals surface area (Å²) in [6.45, 7) is 2.40. The topological polar surface area (TPSA) is 70.7 Å². The SMILES string of the molecule is Cc1ccc(C2=NN(c3ccccc3)C(c3cn(CCC(=O)O)nc3-c3ccccc3)C2)cc1. The van der Waals surface area contributed by atoms with E-state index in [2.05, 4.69) is 48.3 Å². The van der Waals surface area contributed by atoms with Crippen molar-refractivity contribution in [2.24, 2.45) is 5.10 Å². The summed E-state index contributed by atoms with van der Waals surface area (Å²) in [5.74, 6) is -0.838. The number of para-hydroxylation sites is 1. The van der Waals surface area contributed by atoms with Gasteiger partial charge >= 0.3 is 5.97 Å². The van der Waals surface area contributed by atoms with E-state index in [9.17, 15) is 9.90 Å². The third kappa shape index (κ3) is 4.48. The molecule has 34 heavy (non-hydrogen) atoms. The lowest BCUT2D eigenvalue weighted by Crippen LogP contribution is -2.18. The molecule has 2 heterocycles. The second kappa shape index (κ2) is 9.35. The Labute approximate surface area is 198 Å². The average molecular weight is 451 g/mol. The summed E-state index contributed by atoms with van der Waals surface area (Å²) in [6.07, 6.45) is 2.73. The number of carboxylic acids is 1. The minimum atomic E-state index is -0.838. The standard InChI is InChI=1S/C28H26N4O2/c1-20-12-14-21(15-13-20)25-18-26(32(29-25)23-10-6-3-7-11-23)24-19-31(17-16-27(33)34)30-28(24)22-8-4-2-5-9-22/h2-15,19,26H,16-18H2,1H3,(H,33,34). The van der Waals surface area contributed by atoms with Gasteiger partial charge in [0.1, 0.15) is 0 Å². The molecule has 170 valence electrons. The molecule has 1 N–H and O–H groups in total. The fourth-order valence-electron chi connectivity index (χ4n) is 4.32. The van der Waals surface area contributed by atoms with Crippen molar-refractivity contribution in [2.45, 2.75) is 32.4 Å². The molecule has 3 aromatic carbocycles. The van der Waals surface area contributed by atoms with Crippen LogP contribution in [0.4, 0.5) is 5.69 Å². The minimum Gasteiger partial charge on any atom is -0.481 e. The van der Waals surface area contributed by atoms with Gasteiger partial charge in [-0.2, -0.15) is 10.2 Å². The van der Waals surface area contributed by atoms with Crippen LogP contribution in [0.15, 0.2) is 96.2 Å². The predicted octanol–water partition coefficient (Wildman–Crippen LogP) is 5.69. The lowest BCUT2D eigenvalue weighted by molar-refractivity contribution is -0.137. The number of aliphatic carboxylic acids is 1. The Morgan fingerprint density at radius 3 is 2.29 bits per heavy atom. The quantitative estimate of drug-likeness (QED) is 0.393. The van der Waals surface area contributed by atoms with E-state index in [0.29, 0.717) is 6.54 Å². The van der Waals surface area contributed by atoms with Gasteiger partial charge in [0.15, 0.2) is 0 Å². The van der Waals surface area contributed by atoms with E-state index in [-0.39, 0.29) is 12.5 Å². The summed E-state index contributed by atoms with van der Waals surface area (Å²) in [7, 11) is 0. The number of rotatable bonds is 7. The molecule has 1 aliphatic heterocycles. The number of aryl methyl sites for hydroxylation is 2. The molecule has 0 amide bonds. The molecule has 4 aromatic rings. The number of hydrazone groups is 1. The van der Waals surface area contributed by atoms with Crippen molar-refractivity contribution in [3.8, 4) is 11.3 Å². The molecule has 6 nitrogen and oxygen atoms in total. The van der Waals surface area contributed by atoms with Gasteiger partial charge in [0.05, 0.1) is 36.1 Å². The molecular weight excluding hydrogens is 424 g/mol. The van der Waals surface area contributed by atoms with Gasteiger partial charge in [0.2, 0.25) is 0 Å². The van der Waals surface area contributed by atoms with Gasteiger partial charge in [-0.05, 0) is 24.6 Å². The van der Waals surface area contributed by atoms with Gasteiger partial charge in [0, 0.05) is 23.7 Å². The van der Waals surface area contributed by atoms with E-state index in [1.165, 1.54) is 5.56 Å². The number of benzene rings is 3. The smallest absolute Gasteiger partial charge is 0.305 e. The second-order valence-electron chi connectivity index (χ2n) is 8.52. The fraction of sp³-hybridized carbons (Fsp3) is 0.179. The van der Waals surface area contributed by atoms with E-state index >= 15 is 0 Å². The van der Waals surface area contributed by atoms with E-state index < -0.39 is 5.97 Å². The molecular formula is C28H26N4O2. The molecule has 0 aliphatic carbocycles. The Balaban J connectivity index is 1.59. The summed E-state index contributed by atoms with van der Waals surface area (Å²) in [5.41, 5.74) is 7.24. The van der Waals surface area contributed by atoms with Crippen LogP contribution in [0.5, 0.6) is 0 Å². The van der Waals surface area contributed by atoms with Gasteiger partial charge in [-0.15, -0.1) is 0 Å². The maximum atomic E-state index is 11.2. The van der Waals surface area contributed by atoms with Gasteiger partial charge < -0.3 is 5.11 Å². The first-order chi connectivity index (χ1) is 16.6. The monoisotopic (exact) mass is 450 g/mol. The Bertz CT molecular complexity index is 1310. The minimum absolute atomic E-state index is 0.0214. The molecule has 5 rings (SSSR count). The molecule has 1 atom stereocenters. The molecule has 6 heteroatoms. The van der Waals surface area contributed by atoms with E-state index in [1.807, 2.05) is 54.7 Å². The summed E-state index contributed by atoms with van der Waals surface area (Å²) < 4.78 is 1.75. The molecule has 1 unspecified atom stereocenters. The van der Waals surface area contributed by atoms with Crippen LogP contribution in [0.3, 0.4) is 0 Å². The van der Waals surface area contributed by atoms with Crippen LogP contribution in [0.25, 0.3) is 11.3 Å². The van der Waals surface area contributed by atoms with Gasteiger partial charge in [0.25, 0.3) is 0 Å². The molecule has 0 saturated heterocycles. The van der Waals surface area contributed by atoms with Crippen LogP contribution in [-0.2, 0) is 11.3 Å². The summed E-state index contributed by atoms with van der Waals surface area (Å²) in [6, 6.07) is 28.6. The van der Waals surface area contributed by atoms with E-state index in [1.54, 1.807) is 4.68 Å². The average Bonchev–Trinajstić information content (AvgIpc) is 3.49. The first-order valence-corrected chi connectivity index (χ1v) is 11.4. The third-order valence-electron chi connectivity index (χ3n) is 6.07. The third-order valence-corrected chi connectivity index (χ3v) is 6.07. The van der Waals surface area contributed by atoms with Crippen molar-refractivity contribution >= 4 is 17.4 Å². The maximum Gasteiger partial charge on any atom is 0.305 e. The number of nitrogens with zero attached hydrogens (tertiary/aromatic N) is 4. The van der Waals surface area contributed by atoms with Crippen LogP contribution in [-0.4, -0.2) is 26.6 Å². The van der Waals surface area contributed by atoms with Crippen molar-refractivity contribution < 1.29 is 9.90 Å². The highest BCUT2D eigenvalue weighted by molar-refractivity contribution is 6.03. The van der Waals surface area contributed by atoms with Crippen LogP contribution in [0, 0.1) is 6.92 Å². The first kappa shape index (κ1) is 21.6. The lowest BCUT2D eigenvalue weighted by Gasteiger charge is -2.23. The van der Waals surface area contributed by atoms with Crippen molar-refractivity contribution in [2.75, 3.05) is 5.01 Å². The second-order valence-corrected chi connectivity index (χ2v) is 8.52. The Hall–Kier alpha value is -4.19. The first-order valence-electron chi connectivity index (χ1n) is 11.4. The lowest BCUT2D eigenvalue weighted by atomic mass is 9.96. The Kier molecular flexibility index (Phi) is 5.95. The summed E-state index contributed by atoms with van der Waals surface area (Å²) in [4.78, 5) is 11.2. The maximum absolute atomic E-state index is 11.2. The molecule has 0 bridgehead atoms. The van der Waals surface area contributed by atoms with Gasteiger partial charge in [-0.3, -0.25) is 14.5 Å². The fourth-order valence-corrected chi connectivity index (χ4v) is 4.32. The zero-order chi connectivity index (χ0) is 23.5. The number of carboxylic acid groups (broad SMARTS) is 1.